The van der Waals surface area contributed by atoms with Crippen molar-refractivity contribution < 1.29 is 32.6 Å². The molecule has 2 aromatic carbocycles. The summed E-state index contributed by atoms with van der Waals surface area (Å²) in [5, 5.41) is 17.0. The van der Waals surface area contributed by atoms with Crippen LogP contribution in [0.5, 0.6) is 5.75 Å². The smallest absolute Gasteiger partial charge is 0.416 e. The number of ether oxygens (including phenoxy) is 1. The molecule has 1 saturated heterocycles. The van der Waals surface area contributed by atoms with E-state index in [1.54, 1.807) is 35.2 Å². The minimum Gasteiger partial charge on any atom is -0.497 e. The molecule has 0 saturated carbocycles. The first kappa shape index (κ1) is 29.9. The molecule has 43 heavy (non-hydrogen) atoms. The van der Waals surface area contributed by atoms with Gasteiger partial charge in [0.2, 0.25) is 18.2 Å². The van der Waals surface area contributed by atoms with Crippen molar-refractivity contribution in [3.05, 3.63) is 65.4 Å². The second-order valence-corrected chi connectivity index (χ2v) is 10.3. The van der Waals surface area contributed by atoms with Crippen LogP contribution in [0.1, 0.15) is 40.7 Å². The van der Waals surface area contributed by atoms with Crippen LogP contribution in [-0.4, -0.2) is 71.9 Å². The van der Waals surface area contributed by atoms with Gasteiger partial charge in [-0.25, -0.2) is 4.98 Å². The van der Waals surface area contributed by atoms with E-state index in [-0.39, 0.29) is 23.7 Å². The zero-order chi connectivity index (χ0) is 30.7. The van der Waals surface area contributed by atoms with Gasteiger partial charge >= 0.3 is 6.18 Å². The average molecular weight is 600 g/mol. The van der Waals surface area contributed by atoms with E-state index in [2.05, 4.69) is 20.6 Å². The normalized spacial score (nSPS) is 16.7. The molecule has 0 radical (unpaired) electrons. The summed E-state index contributed by atoms with van der Waals surface area (Å²) in [7, 11) is 3.12. The molecule has 228 valence electrons. The number of aromatic nitrogens is 2. The molecular weight excluding hydrogens is 567 g/mol. The minimum atomic E-state index is -4.58. The molecule has 1 unspecified atom stereocenters. The van der Waals surface area contributed by atoms with Crippen LogP contribution < -0.4 is 25.2 Å². The molecule has 2 aliphatic rings. The van der Waals surface area contributed by atoms with Gasteiger partial charge in [-0.05, 0) is 37.1 Å². The van der Waals surface area contributed by atoms with E-state index in [1.165, 1.54) is 25.3 Å². The molecule has 2 aliphatic heterocycles. The number of methoxy groups -OCH3 is 1. The zero-order valence-corrected chi connectivity index (χ0v) is 23.7. The number of likely N-dealkylation sites (tertiary alicyclic amines) is 1. The van der Waals surface area contributed by atoms with Crippen molar-refractivity contribution in [2.75, 3.05) is 54.2 Å². The Kier molecular flexibility index (Phi) is 8.57. The summed E-state index contributed by atoms with van der Waals surface area (Å²) in [4.78, 5) is 38.7. The number of hydrogen-bond donors (Lipinski definition) is 3. The first-order valence-corrected chi connectivity index (χ1v) is 13.8. The van der Waals surface area contributed by atoms with Crippen LogP contribution >= 0.6 is 0 Å². The second kappa shape index (κ2) is 12.3. The number of anilines is 4. The number of benzene rings is 2. The molecule has 1 fully saturated rings. The van der Waals surface area contributed by atoms with Crippen LogP contribution in [0.4, 0.5) is 36.3 Å². The van der Waals surface area contributed by atoms with E-state index in [9.17, 15) is 27.9 Å². The lowest BCUT2D eigenvalue weighted by Crippen LogP contribution is -2.51. The quantitative estimate of drug-likeness (QED) is 0.314. The number of alkyl halides is 3. The van der Waals surface area contributed by atoms with Gasteiger partial charge in [0.25, 0.3) is 5.91 Å². The lowest BCUT2D eigenvalue weighted by molar-refractivity contribution is -0.137. The van der Waals surface area contributed by atoms with Gasteiger partial charge in [0, 0.05) is 73.9 Å². The maximum atomic E-state index is 13.1. The molecule has 1 atom stereocenters. The standard InChI is InChI=1S/C29H32F3N7O4/c1-37-25-19(16-34-27(36-25)33-9-5-11-38-10-4-8-24(38)40)17-39(28(37)42)22-13-21(14-23(15-22)43-2)35-26(41)18-6-3-7-20(12-18)29(30,31)32/h3,6-7,12-16,28,42H,4-5,8-11,17H2,1-2H3,(H,35,41)(H,33,34,36). The Bertz CT molecular complexity index is 1500. The van der Waals surface area contributed by atoms with Gasteiger partial charge in [0.05, 0.1) is 19.2 Å². The molecular formula is C29H32F3N7O4. The lowest BCUT2D eigenvalue weighted by atomic mass is 10.1. The van der Waals surface area contributed by atoms with Crippen molar-refractivity contribution in [1.29, 1.82) is 0 Å². The molecule has 3 heterocycles. The fourth-order valence-corrected chi connectivity index (χ4v) is 5.10. The molecule has 0 bridgehead atoms. The summed E-state index contributed by atoms with van der Waals surface area (Å²) in [5.41, 5.74) is 0.408. The molecule has 3 aromatic rings. The summed E-state index contributed by atoms with van der Waals surface area (Å²) < 4.78 is 44.8. The van der Waals surface area contributed by atoms with E-state index >= 15 is 0 Å². The summed E-state index contributed by atoms with van der Waals surface area (Å²) in [6, 6.07) is 8.95. The predicted molar refractivity (Wildman–Crippen MR) is 154 cm³/mol. The molecule has 5 rings (SSSR count). The number of hydrogen-bond acceptors (Lipinski definition) is 9. The van der Waals surface area contributed by atoms with Gasteiger partial charge in [-0.15, -0.1) is 0 Å². The topological polar surface area (TPSA) is 123 Å². The van der Waals surface area contributed by atoms with E-state index in [4.69, 9.17) is 4.74 Å². The number of aliphatic hydroxyl groups excluding tert-OH is 1. The average Bonchev–Trinajstić information content (AvgIpc) is 3.40. The first-order chi connectivity index (χ1) is 20.5. The summed E-state index contributed by atoms with van der Waals surface area (Å²) in [5.74, 6) is 0.764. The Morgan fingerprint density at radius 1 is 1.21 bits per heavy atom. The number of nitrogens with one attached hydrogen (secondary N) is 2. The van der Waals surface area contributed by atoms with Gasteiger partial charge in [-0.1, -0.05) is 6.07 Å². The van der Waals surface area contributed by atoms with Crippen LogP contribution in [0.2, 0.25) is 0 Å². The Morgan fingerprint density at radius 2 is 2.02 bits per heavy atom. The van der Waals surface area contributed by atoms with E-state index in [1.807, 2.05) is 4.90 Å². The summed E-state index contributed by atoms with van der Waals surface area (Å²) >= 11 is 0. The molecule has 2 amide bonds. The molecule has 3 N–H and O–H groups in total. The van der Waals surface area contributed by atoms with Crippen LogP contribution in [0.3, 0.4) is 0 Å². The number of nitrogens with zero attached hydrogens (tertiary/aromatic N) is 5. The van der Waals surface area contributed by atoms with Crippen LogP contribution in [0.15, 0.2) is 48.7 Å². The second-order valence-electron chi connectivity index (χ2n) is 10.3. The van der Waals surface area contributed by atoms with E-state index in [0.717, 1.165) is 37.1 Å². The predicted octanol–water partition coefficient (Wildman–Crippen LogP) is 3.91. The van der Waals surface area contributed by atoms with Gasteiger partial charge in [-0.3, -0.25) is 9.59 Å². The number of halogens is 3. The number of fused-ring (bicyclic) bond motifs is 1. The van der Waals surface area contributed by atoms with Crippen molar-refractivity contribution in [2.45, 2.75) is 38.3 Å². The highest BCUT2D eigenvalue weighted by Crippen LogP contribution is 2.35. The van der Waals surface area contributed by atoms with Gasteiger partial charge < -0.3 is 35.2 Å². The van der Waals surface area contributed by atoms with Crippen molar-refractivity contribution in [1.82, 2.24) is 14.9 Å². The van der Waals surface area contributed by atoms with Crippen LogP contribution in [0.25, 0.3) is 0 Å². The number of carbonyl (C=O) groups excluding carboxylic acids is 2. The van der Waals surface area contributed by atoms with Crippen molar-refractivity contribution in [3.63, 3.8) is 0 Å². The largest absolute Gasteiger partial charge is 0.497 e. The molecule has 14 heteroatoms. The third-order valence-electron chi connectivity index (χ3n) is 7.37. The monoisotopic (exact) mass is 599 g/mol. The number of carbonyl (C=O) groups is 2. The Hall–Kier alpha value is -4.59. The first-order valence-electron chi connectivity index (χ1n) is 13.8. The van der Waals surface area contributed by atoms with Crippen molar-refractivity contribution >= 4 is 35.0 Å². The highest BCUT2D eigenvalue weighted by Gasteiger charge is 2.32. The maximum absolute atomic E-state index is 13.1. The van der Waals surface area contributed by atoms with Gasteiger partial charge in [-0.2, -0.15) is 18.2 Å². The van der Waals surface area contributed by atoms with E-state index in [0.29, 0.717) is 42.7 Å². The molecule has 0 spiro atoms. The van der Waals surface area contributed by atoms with Crippen LogP contribution in [-0.2, 0) is 17.5 Å². The Labute approximate surface area is 246 Å². The molecule has 1 aromatic heterocycles. The fraction of sp³-hybridized carbons (Fsp3) is 0.379. The molecule has 11 nitrogen and oxygen atoms in total. The Morgan fingerprint density at radius 3 is 2.74 bits per heavy atom. The van der Waals surface area contributed by atoms with Crippen LogP contribution in [0, 0.1) is 0 Å². The third-order valence-corrected chi connectivity index (χ3v) is 7.37. The third kappa shape index (κ3) is 6.74. The fourth-order valence-electron chi connectivity index (χ4n) is 5.10. The lowest BCUT2D eigenvalue weighted by Gasteiger charge is -2.41. The Balaban J connectivity index is 1.29. The summed E-state index contributed by atoms with van der Waals surface area (Å²) in [6.45, 7) is 2.28. The minimum absolute atomic E-state index is 0.156. The highest BCUT2D eigenvalue weighted by atomic mass is 19.4. The van der Waals surface area contributed by atoms with Crippen molar-refractivity contribution in [3.8, 4) is 5.75 Å². The summed E-state index contributed by atoms with van der Waals surface area (Å²) in [6.07, 6.45) is -1.80. The zero-order valence-electron chi connectivity index (χ0n) is 23.7. The van der Waals surface area contributed by atoms with Gasteiger partial charge in [0.15, 0.2) is 0 Å². The van der Waals surface area contributed by atoms with E-state index < -0.39 is 24.0 Å². The maximum Gasteiger partial charge on any atom is 0.416 e. The number of amides is 2. The van der Waals surface area contributed by atoms with Gasteiger partial charge in [0.1, 0.15) is 11.6 Å². The highest BCUT2D eigenvalue weighted by molar-refractivity contribution is 6.04. The number of aliphatic hydroxyl groups is 1. The number of rotatable bonds is 9. The van der Waals surface area contributed by atoms with Crippen molar-refractivity contribution in [2.24, 2.45) is 0 Å². The SMILES string of the molecule is COc1cc(NC(=O)c2cccc(C(F)(F)F)c2)cc(N2Cc3cnc(NCCCN4CCCC4=O)nc3N(C)C2O)c1. The molecule has 0 aliphatic carbocycles.